The minimum absolute atomic E-state index is 0.389. The number of hydrogen-bond acceptors (Lipinski definition) is 2. The highest BCUT2D eigenvalue weighted by Crippen LogP contribution is 2.38. The van der Waals surface area contributed by atoms with E-state index in [1.807, 2.05) is 43.3 Å². The molecule has 0 aliphatic rings. The van der Waals surface area contributed by atoms with Crippen molar-refractivity contribution in [2.24, 2.45) is 0 Å². The summed E-state index contributed by atoms with van der Waals surface area (Å²) in [5.74, 6) is 0. The topological polar surface area (TPSA) is 54.4 Å². The molecule has 0 aromatic heterocycles. The molecule has 2 aromatic carbocycles. The zero-order chi connectivity index (χ0) is 14.1. The van der Waals surface area contributed by atoms with Crippen molar-refractivity contribution in [1.82, 2.24) is 0 Å². The molecule has 0 saturated heterocycles. The van der Waals surface area contributed by atoms with Crippen molar-refractivity contribution in [2.75, 3.05) is 0 Å². The molecule has 0 spiro atoms. The van der Waals surface area contributed by atoms with E-state index >= 15 is 0 Å². The van der Waals surface area contributed by atoms with Crippen LogP contribution in [0.3, 0.4) is 0 Å². The summed E-state index contributed by atoms with van der Waals surface area (Å²) in [4.78, 5) is 0. The fourth-order valence-electron chi connectivity index (χ4n) is 2.57. The van der Waals surface area contributed by atoms with Crippen molar-refractivity contribution in [2.45, 2.75) is 31.4 Å². The largest absolute Gasteiger partial charge is 0.285 e. The lowest BCUT2D eigenvalue weighted by atomic mass is 9.91. The summed E-state index contributed by atoms with van der Waals surface area (Å²) < 4.78 is 32.1. The molecule has 0 fully saturated rings. The maximum Gasteiger partial charge on any atom is 0.274 e. The monoisotopic (exact) mass is 278 g/mol. The standard InChI is InChI=1S/C15H18O3S/c1-3-11-15(2,19(16,17)18)14-10-6-8-12-7-4-5-9-13(12)14/h4-10H,3,11H2,1-2H3,(H,16,17,18). The summed E-state index contributed by atoms with van der Waals surface area (Å²) in [5.41, 5.74) is 0.662. The third-order valence-corrected chi connectivity index (χ3v) is 5.22. The molecule has 1 atom stereocenters. The summed E-state index contributed by atoms with van der Waals surface area (Å²) in [6.45, 7) is 3.50. The van der Waals surface area contributed by atoms with Gasteiger partial charge in [0.05, 0.1) is 0 Å². The van der Waals surface area contributed by atoms with E-state index in [1.165, 1.54) is 0 Å². The average Bonchev–Trinajstić information content (AvgIpc) is 2.37. The van der Waals surface area contributed by atoms with Gasteiger partial charge in [-0.2, -0.15) is 8.42 Å². The number of hydrogen-bond donors (Lipinski definition) is 1. The Balaban J connectivity index is 2.77. The fourth-order valence-corrected chi connectivity index (χ4v) is 3.48. The molecular weight excluding hydrogens is 260 g/mol. The molecule has 102 valence electrons. The molecule has 0 amide bonds. The van der Waals surface area contributed by atoms with Gasteiger partial charge in [-0.05, 0) is 29.7 Å². The summed E-state index contributed by atoms with van der Waals surface area (Å²) >= 11 is 0. The van der Waals surface area contributed by atoms with Crippen LogP contribution in [-0.2, 0) is 14.9 Å². The van der Waals surface area contributed by atoms with Crippen LogP contribution >= 0.6 is 0 Å². The van der Waals surface area contributed by atoms with Gasteiger partial charge in [-0.25, -0.2) is 0 Å². The molecule has 4 heteroatoms. The molecule has 19 heavy (non-hydrogen) atoms. The molecule has 0 heterocycles. The Morgan fingerprint density at radius 1 is 1.11 bits per heavy atom. The Hall–Kier alpha value is -1.39. The van der Waals surface area contributed by atoms with Crippen molar-refractivity contribution in [3.05, 3.63) is 48.0 Å². The van der Waals surface area contributed by atoms with E-state index in [0.717, 1.165) is 10.8 Å². The lowest BCUT2D eigenvalue weighted by Gasteiger charge is -2.27. The summed E-state index contributed by atoms with van der Waals surface area (Å²) in [7, 11) is -4.17. The van der Waals surface area contributed by atoms with Crippen molar-refractivity contribution in [3.63, 3.8) is 0 Å². The molecule has 0 bridgehead atoms. The van der Waals surface area contributed by atoms with Gasteiger partial charge in [0.25, 0.3) is 10.1 Å². The van der Waals surface area contributed by atoms with Gasteiger partial charge in [0.15, 0.2) is 0 Å². The molecule has 3 nitrogen and oxygen atoms in total. The van der Waals surface area contributed by atoms with Gasteiger partial charge >= 0.3 is 0 Å². The zero-order valence-corrected chi connectivity index (χ0v) is 11.9. The van der Waals surface area contributed by atoms with Crippen LogP contribution in [0.15, 0.2) is 42.5 Å². The van der Waals surface area contributed by atoms with Crippen LogP contribution in [0.1, 0.15) is 32.3 Å². The summed E-state index contributed by atoms with van der Waals surface area (Å²) in [5, 5.41) is 1.85. The first kappa shape index (κ1) is 14.0. The Morgan fingerprint density at radius 3 is 2.37 bits per heavy atom. The molecule has 0 aliphatic carbocycles. The van der Waals surface area contributed by atoms with Crippen LogP contribution in [0.5, 0.6) is 0 Å². The van der Waals surface area contributed by atoms with Crippen molar-refractivity contribution in [3.8, 4) is 0 Å². The van der Waals surface area contributed by atoms with Gasteiger partial charge in [-0.15, -0.1) is 0 Å². The Labute approximate surface area is 114 Å². The van der Waals surface area contributed by atoms with E-state index in [0.29, 0.717) is 18.4 Å². The minimum atomic E-state index is -4.17. The zero-order valence-electron chi connectivity index (χ0n) is 11.1. The number of rotatable bonds is 4. The highest BCUT2D eigenvalue weighted by atomic mass is 32.2. The van der Waals surface area contributed by atoms with Crippen LogP contribution in [-0.4, -0.2) is 13.0 Å². The van der Waals surface area contributed by atoms with Gasteiger partial charge in [0.1, 0.15) is 4.75 Å². The van der Waals surface area contributed by atoms with Gasteiger partial charge < -0.3 is 0 Å². The normalized spacial score (nSPS) is 15.3. The molecule has 0 saturated carbocycles. The van der Waals surface area contributed by atoms with E-state index in [1.54, 1.807) is 13.0 Å². The van der Waals surface area contributed by atoms with Crippen molar-refractivity contribution >= 4 is 20.9 Å². The van der Waals surface area contributed by atoms with Gasteiger partial charge in [0.2, 0.25) is 0 Å². The van der Waals surface area contributed by atoms with E-state index in [2.05, 4.69) is 0 Å². The number of fused-ring (bicyclic) bond motifs is 1. The first-order chi connectivity index (χ1) is 8.90. The highest BCUT2D eigenvalue weighted by molar-refractivity contribution is 7.86. The quantitative estimate of drug-likeness (QED) is 0.867. The lowest BCUT2D eigenvalue weighted by Crippen LogP contribution is -2.32. The molecular formula is C15H18O3S. The van der Waals surface area contributed by atoms with Gasteiger partial charge in [-0.3, -0.25) is 4.55 Å². The van der Waals surface area contributed by atoms with E-state index in [4.69, 9.17) is 0 Å². The van der Waals surface area contributed by atoms with Gasteiger partial charge in [-0.1, -0.05) is 55.8 Å². The van der Waals surface area contributed by atoms with Crippen LogP contribution < -0.4 is 0 Å². The Kier molecular flexibility index (Phi) is 3.65. The second kappa shape index (κ2) is 4.94. The van der Waals surface area contributed by atoms with Crippen molar-refractivity contribution < 1.29 is 13.0 Å². The molecule has 1 unspecified atom stereocenters. The first-order valence-corrected chi connectivity index (χ1v) is 7.79. The second-order valence-electron chi connectivity index (χ2n) is 4.98. The average molecular weight is 278 g/mol. The molecule has 1 N–H and O–H groups in total. The number of benzene rings is 2. The Morgan fingerprint density at radius 2 is 1.74 bits per heavy atom. The predicted octanol–water partition coefficient (Wildman–Crippen LogP) is 3.74. The molecule has 0 aliphatic heterocycles. The van der Waals surface area contributed by atoms with E-state index in [9.17, 15) is 13.0 Å². The molecule has 2 rings (SSSR count). The Bertz CT molecular complexity index is 686. The molecule has 2 aromatic rings. The van der Waals surface area contributed by atoms with E-state index < -0.39 is 14.9 Å². The van der Waals surface area contributed by atoms with Gasteiger partial charge in [0, 0.05) is 0 Å². The fraction of sp³-hybridized carbons (Fsp3) is 0.333. The van der Waals surface area contributed by atoms with E-state index in [-0.39, 0.29) is 0 Å². The van der Waals surface area contributed by atoms with Crippen LogP contribution in [0.25, 0.3) is 10.8 Å². The smallest absolute Gasteiger partial charge is 0.274 e. The SMILES string of the molecule is CCCC(C)(c1cccc2ccccc12)S(=O)(=O)O. The van der Waals surface area contributed by atoms with Crippen molar-refractivity contribution in [1.29, 1.82) is 0 Å². The maximum absolute atomic E-state index is 11.8. The summed E-state index contributed by atoms with van der Waals surface area (Å²) in [6, 6.07) is 13.2. The minimum Gasteiger partial charge on any atom is -0.285 e. The first-order valence-electron chi connectivity index (χ1n) is 6.35. The van der Waals surface area contributed by atoms with Crippen LogP contribution in [0.2, 0.25) is 0 Å². The molecule has 0 radical (unpaired) electrons. The predicted molar refractivity (Wildman–Crippen MR) is 77.8 cm³/mol. The highest BCUT2D eigenvalue weighted by Gasteiger charge is 2.39. The lowest BCUT2D eigenvalue weighted by molar-refractivity contribution is 0.423. The maximum atomic E-state index is 11.8. The second-order valence-corrected chi connectivity index (χ2v) is 6.83. The third kappa shape index (κ3) is 2.38. The van der Waals surface area contributed by atoms with Crippen LogP contribution in [0.4, 0.5) is 0 Å². The van der Waals surface area contributed by atoms with Crippen LogP contribution in [0, 0.1) is 0 Å². The summed E-state index contributed by atoms with van der Waals surface area (Å²) in [6.07, 6.45) is 1.07. The third-order valence-electron chi connectivity index (χ3n) is 3.66.